The van der Waals surface area contributed by atoms with E-state index in [2.05, 4.69) is 5.32 Å². The zero-order chi connectivity index (χ0) is 21.8. The Bertz CT molecular complexity index is 960. The molecule has 2 aliphatic rings. The number of hydrogen-bond acceptors (Lipinski definition) is 6. The smallest absolute Gasteiger partial charge is 0.414 e. The first kappa shape index (κ1) is 21.3. The number of carbonyl (C=O) groups excluding carboxylic acids is 3. The maximum atomic E-state index is 14.6. The van der Waals surface area contributed by atoms with E-state index in [1.54, 1.807) is 24.3 Å². The van der Waals surface area contributed by atoms with E-state index in [9.17, 15) is 18.8 Å². The standard InChI is InChI=1S/C22H24FN3O4S/c23-17-12-15(5-6-18(17)25-9-1-2-10-25)26-14-16(30-22(26)29)13-24-21(28)8-7-19(27)20-4-3-11-31-20/h3-6,11-12,16H,1-2,7-10,13-14H2,(H,24,28). The Morgan fingerprint density at radius 1 is 1.19 bits per heavy atom. The van der Waals surface area contributed by atoms with E-state index in [-0.39, 0.29) is 43.4 Å². The molecule has 1 aromatic heterocycles. The van der Waals surface area contributed by atoms with Crippen LogP contribution >= 0.6 is 11.3 Å². The summed E-state index contributed by atoms with van der Waals surface area (Å²) in [4.78, 5) is 40.3. The van der Waals surface area contributed by atoms with E-state index >= 15 is 0 Å². The first-order valence-electron chi connectivity index (χ1n) is 10.4. The number of ether oxygens (including phenoxy) is 1. The monoisotopic (exact) mass is 445 g/mol. The predicted octanol–water partition coefficient (Wildman–Crippen LogP) is 3.59. The average molecular weight is 446 g/mol. The number of halogens is 1. The molecule has 9 heteroatoms. The van der Waals surface area contributed by atoms with E-state index in [0.29, 0.717) is 16.3 Å². The van der Waals surface area contributed by atoms with Crippen molar-refractivity contribution in [1.82, 2.24) is 5.32 Å². The number of nitrogens with zero attached hydrogens (tertiary/aromatic N) is 2. The van der Waals surface area contributed by atoms with Gasteiger partial charge in [-0.25, -0.2) is 9.18 Å². The summed E-state index contributed by atoms with van der Waals surface area (Å²) >= 11 is 1.35. The lowest BCUT2D eigenvalue weighted by Crippen LogP contribution is -2.34. The molecule has 0 saturated carbocycles. The van der Waals surface area contributed by atoms with Crippen LogP contribution in [0.5, 0.6) is 0 Å². The molecule has 1 unspecified atom stereocenters. The molecule has 0 bridgehead atoms. The van der Waals surface area contributed by atoms with Crippen LogP contribution in [0.2, 0.25) is 0 Å². The lowest BCUT2D eigenvalue weighted by Gasteiger charge is -2.20. The zero-order valence-electron chi connectivity index (χ0n) is 17.0. The Labute approximate surface area is 183 Å². The molecule has 2 saturated heterocycles. The van der Waals surface area contributed by atoms with Crippen molar-refractivity contribution < 1.29 is 23.5 Å². The fourth-order valence-electron chi connectivity index (χ4n) is 3.82. The number of thiophene rings is 1. The van der Waals surface area contributed by atoms with Crippen LogP contribution in [-0.2, 0) is 9.53 Å². The molecular formula is C22H24FN3O4S. The Morgan fingerprint density at radius 3 is 2.71 bits per heavy atom. The molecule has 2 amide bonds. The number of nitrogens with one attached hydrogen (secondary N) is 1. The zero-order valence-corrected chi connectivity index (χ0v) is 17.8. The number of rotatable bonds is 8. The molecule has 2 aromatic rings. The Balaban J connectivity index is 1.26. The van der Waals surface area contributed by atoms with Gasteiger partial charge in [-0.3, -0.25) is 14.5 Å². The third-order valence-corrected chi connectivity index (χ3v) is 6.38. The lowest BCUT2D eigenvalue weighted by atomic mass is 10.2. The van der Waals surface area contributed by atoms with E-state index in [1.807, 2.05) is 10.3 Å². The molecule has 1 aromatic carbocycles. The van der Waals surface area contributed by atoms with Gasteiger partial charge in [0.15, 0.2) is 5.78 Å². The molecule has 164 valence electrons. The number of amides is 2. The average Bonchev–Trinajstić information content (AvgIpc) is 3.52. The molecule has 3 heterocycles. The normalized spacial score (nSPS) is 18.4. The first-order chi connectivity index (χ1) is 15.0. The summed E-state index contributed by atoms with van der Waals surface area (Å²) in [5, 5.41) is 4.52. The molecule has 1 N–H and O–H groups in total. The van der Waals surface area contributed by atoms with Gasteiger partial charge in [-0.1, -0.05) is 6.07 Å². The van der Waals surface area contributed by atoms with Crippen LogP contribution in [0.15, 0.2) is 35.7 Å². The Morgan fingerprint density at radius 2 is 2.00 bits per heavy atom. The second kappa shape index (κ2) is 9.47. The topological polar surface area (TPSA) is 79.0 Å². The third-order valence-electron chi connectivity index (χ3n) is 5.47. The summed E-state index contributed by atoms with van der Waals surface area (Å²) in [6, 6.07) is 8.30. The highest BCUT2D eigenvalue weighted by Gasteiger charge is 2.33. The molecule has 0 aliphatic carbocycles. The van der Waals surface area contributed by atoms with Gasteiger partial charge in [0.2, 0.25) is 5.91 Å². The van der Waals surface area contributed by atoms with Crippen LogP contribution in [0.4, 0.5) is 20.6 Å². The van der Waals surface area contributed by atoms with Crippen LogP contribution in [0, 0.1) is 5.82 Å². The summed E-state index contributed by atoms with van der Waals surface area (Å²) in [7, 11) is 0. The number of hydrogen-bond donors (Lipinski definition) is 1. The van der Waals surface area contributed by atoms with E-state index in [4.69, 9.17) is 4.74 Å². The van der Waals surface area contributed by atoms with Gasteiger partial charge < -0.3 is 15.0 Å². The summed E-state index contributed by atoms with van der Waals surface area (Å²) in [5.74, 6) is -0.706. The molecule has 4 rings (SSSR count). The van der Waals surface area contributed by atoms with Crippen LogP contribution in [-0.4, -0.2) is 50.1 Å². The summed E-state index contributed by atoms with van der Waals surface area (Å²) in [5.41, 5.74) is 0.982. The van der Waals surface area contributed by atoms with Crippen LogP contribution in [0.1, 0.15) is 35.4 Å². The lowest BCUT2D eigenvalue weighted by molar-refractivity contribution is -0.121. The van der Waals surface area contributed by atoms with Crippen molar-refractivity contribution in [1.29, 1.82) is 0 Å². The second-order valence-electron chi connectivity index (χ2n) is 7.65. The second-order valence-corrected chi connectivity index (χ2v) is 8.60. The molecule has 2 fully saturated rings. The van der Waals surface area contributed by atoms with E-state index in [0.717, 1.165) is 25.9 Å². The molecule has 31 heavy (non-hydrogen) atoms. The molecular weight excluding hydrogens is 421 g/mol. The van der Waals surface area contributed by atoms with Gasteiger partial charge in [-0.2, -0.15) is 0 Å². The third kappa shape index (κ3) is 5.04. The van der Waals surface area contributed by atoms with Gasteiger partial charge in [0.05, 0.1) is 29.3 Å². The van der Waals surface area contributed by atoms with Crippen LogP contribution < -0.4 is 15.1 Å². The molecule has 2 aliphatic heterocycles. The van der Waals surface area contributed by atoms with Crippen molar-refractivity contribution in [2.24, 2.45) is 0 Å². The number of cyclic esters (lactones) is 1. The van der Waals surface area contributed by atoms with Crippen molar-refractivity contribution in [2.45, 2.75) is 31.8 Å². The van der Waals surface area contributed by atoms with Gasteiger partial charge in [-0.05, 0) is 42.5 Å². The molecule has 0 radical (unpaired) electrons. The van der Waals surface area contributed by atoms with Gasteiger partial charge in [0.25, 0.3) is 0 Å². The fourth-order valence-corrected chi connectivity index (χ4v) is 4.51. The maximum Gasteiger partial charge on any atom is 0.414 e. The minimum Gasteiger partial charge on any atom is -0.442 e. The molecule has 1 atom stereocenters. The number of Topliss-reactive ketones (excluding diaryl/α,β-unsaturated/α-hetero) is 1. The Kier molecular flexibility index (Phi) is 6.50. The summed E-state index contributed by atoms with van der Waals surface area (Å²) in [6.07, 6.45) is 1.20. The van der Waals surface area contributed by atoms with Crippen molar-refractivity contribution in [2.75, 3.05) is 36.0 Å². The van der Waals surface area contributed by atoms with Gasteiger partial charge in [0, 0.05) is 25.9 Å². The summed E-state index contributed by atoms with van der Waals surface area (Å²) in [6.45, 7) is 2.03. The number of anilines is 2. The van der Waals surface area contributed by atoms with Crippen molar-refractivity contribution in [3.8, 4) is 0 Å². The van der Waals surface area contributed by atoms with Gasteiger partial charge >= 0.3 is 6.09 Å². The summed E-state index contributed by atoms with van der Waals surface area (Å²) < 4.78 is 19.9. The minimum absolute atomic E-state index is 0.0666. The highest BCUT2D eigenvalue weighted by atomic mass is 32.1. The van der Waals surface area contributed by atoms with Crippen molar-refractivity contribution in [3.05, 3.63) is 46.4 Å². The van der Waals surface area contributed by atoms with E-state index < -0.39 is 12.2 Å². The first-order valence-corrected chi connectivity index (χ1v) is 11.3. The van der Waals surface area contributed by atoms with E-state index in [1.165, 1.54) is 22.3 Å². The van der Waals surface area contributed by atoms with Gasteiger partial charge in [0.1, 0.15) is 11.9 Å². The SMILES string of the molecule is O=C(CCC(=O)c1cccs1)NCC1CN(c2ccc(N3CCCC3)c(F)c2)C(=O)O1. The number of benzene rings is 1. The minimum atomic E-state index is -0.569. The van der Waals surface area contributed by atoms with Crippen LogP contribution in [0.25, 0.3) is 0 Å². The highest BCUT2D eigenvalue weighted by molar-refractivity contribution is 7.12. The van der Waals surface area contributed by atoms with Crippen LogP contribution in [0.3, 0.4) is 0 Å². The quantitative estimate of drug-likeness (QED) is 0.629. The van der Waals surface area contributed by atoms with Gasteiger partial charge in [-0.15, -0.1) is 11.3 Å². The van der Waals surface area contributed by atoms with Crippen molar-refractivity contribution >= 4 is 40.5 Å². The maximum absolute atomic E-state index is 14.6. The largest absolute Gasteiger partial charge is 0.442 e. The molecule has 0 spiro atoms. The molecule has 7 nitrogen and oxygen atoms in total. The number of ketones is 1. The Hall–Kier alpha value is -2.94. The number of carbonyl (C=O) groups is 3. The predicted molar refractivity (Wildman–Crippen MR) is 116 cm³/mol. The fraction of sp³-hybridized carbons (Fsp3) is 0.409. The highest BCUT2D eigenvalue weighted by Crippen LogP contribution is 2.29. The van der Waals surface area contributed by atoms with Crippen molar-refractivity contribution in [3.63, 3.8) is 0 Å².